The minimum absolute atomic E-state index is 0.0291. The number of hydrogen-bond donors (Lipinski definition) is 0. The molecule has 0 amide bonds. The molecular weight excluding hydrogens is 300 g/mol. The second kappa shape index (κ2) is 6.72. The SMILES string of the molecule is C[N+](C)(C)CCS(=O)(=O)CCS(=O)(=O)CC[N+](C)(C)C. The van der Waals surface area contributed by atoms with Crippen LogP contribution in [-0.4, -0.2) is 104 Å². The molecule has 0 N–H and O–H groups in total. The van der Waals surface area contributed by atoms with Crippen molar-refractivity contribution in [1.82, 2.24) is 0 Å². The fourth-order valence-electron chi connectivity index (χ4n) is 1.28. The van der Waals surface area contributed by atoms with Crippen LogP contribution in [-0.2, 0) is 19.7 Å². The average Bonchev–Trinajstić information content (AvgIpc) is 2.20. The Balaban J connectivity index is 4.39. The minimum Gasteiger partial charge on any atom is -0.330 e. The van der Waals surface area contributed by atoms with Crippen LogP contribution < -0.4 is 0 Å². The van der Waals surface area contributed by atoms with Crippen molar-refractivity contribution < 1.29 is 25.8 Å². The molecule has 0 aromatic carbocycles. The van der Waals surface area contributed by atoms with Gasteiger partial charge >= 0.3 is 0 Å². The molecule has 0 rings (SSSR count). The third-order valence-electron chi connectivity index (χ3n) is 2.85. The Morgan fingerprint density at radius 3 is 1.00 bits per heavy atom. The lowest BCUT2D eigenvalue weighted by Gasteiger charge is -2.24. The van der Waals surface area contributed by atoms with Crippen LogP contribution in [0.1, 0.15) is 0 Å². The van der Waals surface area contributed by atoms with Gasteiger partial charge in [-0.05, 0) is 0 Å². The lowest BCUT2D eigenvalue weighted by Crippen LogP contribution is -2.40. The number of sulfone groups is 2. The van der Waals surface area contributed by atoms with E-state index >= 15 is 0 Å². The molecule has 6 nitrogen and oxygen atoms in total. The monoisotopic (exact) mass is 330 g/mol. The summed E-state index contributed by atoms with van der Waals surface area (Å²) in [7, 11) is 4.86. The number of rotatable bonds is 9. The first-order valence-electron chi connectivity index (χ1n) is 6.64. The van der Waals surface area contributed by atoms with Crippen LogP contribution in [0.5, 0.6) is 0 Å². The molecular formula is C12H30N2O4S2+2. The van der Waals surface area contributed by atoms with Crippen LogP contribution in [0.25, 0.3) is 0 Å². The Bertz CT molecular complexity index is 449. The predicted octanol–water partition coefficient (Wildman–Crippen LogP) is -0.772. The van der Waals surface area contributed by atoms with Gasteiger partial charge in [0, 0.05) is 0 Å². The zero-order chi connectivity index (χ0) is 16.2. The van der Waals surface area contributed by atoms with E-state index in [1.165, 1.54) is 0 Å². The van der Waals surface area contributed by atoms with E-state index in [-0.39, 0.29) is 23.0 Å². The molecule has 0 fully saturated rings. The smallest absolute Gasteiger partial charge is 0.156 e. The third kappa shape index (κ3) is 11.6. The van der Waals surface area contributed by atoms with Crippen molar-refractivity contribution in [2.24, 2.45) is 0 Å². The van der Waals surface area contributed by atoms with Crippen LogP contribution >= 0.6 is 0 Å². The highest BCUT2D eigenvalue weighted by Gasteiger charge is 2.22. The van der Waals surface area contributed by atoms with Crippen LogP contribution in [0.3, 0.4) is 0 Å². The predicted molar refractivity (Wildman–Crippen MR) is 83.1 cm³/mol. The number of nitrogens with zero attached hydrogens (tertiary/aromatic N) is 2. The zero-order valence-corrected chi connectivity index (χ0v) is 15.2. The molecule has 0 unspecified atom stereocenters. The van der Waals surface area contributed by atoms with Crippen LogP contribution in [0.4, 0.5) is 0 Å². The first kappa shape index (κ1) is 19.8. The van der Waals surface area contributed by atoms with Gasteiger partial charge in [0.1, 0.15) is 0 Å². The summed E-state index contributed by atoms with van der Waals surface area (Å²) in [6, 6.07) is 0. The average molecular weight is 331 g/mol. The Morgan fingerprint density at radius 2 is 0.800 bits per heavy atom. The van der Waals surface area contributed by atoms with E-state index in [1.54, 1.807) is 0 Å². The molecule has 0 atom stereocenters. The lowest BCUT2D eigenvalue weighted by molar-refractivity contribution is -0.867. The Labute approximate surface area is 124 Å². The van der Waals surface area contributed by atoms with Gasteiger partial charge in [0.2, 0.25) is 0 Å². The molecule has 0 aromatic heterocycles. The molecule has 0 aromatic rings. The van der Waals surface area contributed by atoms with Gasteiger partial charge in [-0.1, -0.05) is 0 Å². The Kier molecular flexibility index (Phi) is 6.66. The molecule has 0 heterocycles. The van der Waals surface area contributed by atoms with Crippen LogP contribution in [0, 0.1) is 0 Å². The highest BCUT2D eigenvalue weighted by molar-refractivity contribution is 7.95. The van der Waals surface area contributed by atoms with E-state index in [0.717, 1.165) is 0 Å². The van der Waals surface area contributed by atoms with Crippen LogP contribution in [0.15, 0.2) is 0 Å². The first-order chi connectivity index (χ1) is 8.62. The van der Waals surface area contributed by atoms with Gasteiger partial charge < -0.3 is 8.97 Å². The summed E-state index contributed by atoms with van der Waals surface area (Å²) in [6.07, 6.45) is 0. The summed E-state index contributed by atoms with van der Waals surface area (Å²) in [6.45, 7) is 0.975. The van der Waals surface area contributed by atoms with E-state index in [9.17, 15) is 16.8 Å². The molecule has 0 saturated heterocycles. The van der Waals surface area contributed by atoms with Gasteiger partial charge in [0.25, 0.3) is 0 Å². The van der Waals surface area contributed by atoms with E-state index in [0.29, 0.717) is 22.1 Å². The highest BCUT2D eigenvalue weighted by atomic mass is 32.2. The summed E-state index contributed by atoms with van der Waals surface area (Å²) in [4.78, 5) is 0. The quantitative estimate of drug-likeness (QED) is 0.521. The van der Waals surface area contributed by atoms with Crippen molar-refractivity contribution in [2.45, 2.75) is 0 Å². The maximum atomic E-state index is 11.8. The summed E-state index contributed by atoms with van der Waals surface area (Å²) < 4.78 is 48.5. The summed E-state index contributed by atoms with van der Waals surface area (Å²) in [5.41, 5.74) is 0. The number of hydrogen-bond acceptors (Lipinski definition) is 4. The van der Waals surface area contributed by atoms with Gasteiger partial charge in [-0.15, -0.1) is 0 Å². The van der Waals surface area contributed by atoms with Crippen molar-refractivity contribution in [3.63, 3.8) is 0 Å². The highest BCUT2D eigenvalue weighted by Crippen LogP contribution is 2.01. The van der Waals surface area contributed by atoms with Crippen molar-refractivity contribution in [1.29, 1.82) is 0 Å². The van der Waals surface area contributed by atoms with Crippen LogP contribution in [0.2, 0.25) is 0 Å². The maximum Gasteiger partial charge on any atom is 0.156 e. The topological polar surface area (TPSA) is 68.3 Å². The fraction of sp³-hybridized carbons (Fsp3) is 1.00. The summed E-state index contributed by atoms with van der Waals surface area (Å²) in [5, 5.41) is 0. The molecule has 0 radical (unpaired) electrons. The fourth-order valence-corrected chi connectivity index (χ4v) is 5.38. The molecule has 0 saturated carbocycles. The second-order valence-electron chi connectivity index (χ2n) is 7.33. The minimum atomic E-state index is -3.30. The second-order valence-corrected chi connectivity index (χ2v) is 11.9. The standard InChI is InChI=1S/C12H30N2O4S2/c1-13(2,3)7-9-19(15,16)11-12-20(17,18)10-8-14(4,5)6/h7-12H2,1-6H3/q+2. The van der Waals surface area contributed by atoms with Crippen molar-refractivity contribution >= 4 is 19.7 Å². The molecule has 0 spiro atoms. The van der Waals surface area contributed by atoms with Gasteiger partial charge in [-0.2, -0.15) is 0 Å². The van der Waals surface area contributed by atoms with Crippen molar-refractivity contribution in [3.8, 4) is 0 Å². The molecule has 0 aliphatic rings. The van der Waals surface area contributed by atoms with Gasteiger partial charge in [-0.3, -0.25) is 0 Å². The molecule has 20 heavy (non-hydrogen) atoms. The van der Waals surface area contributed by atoms with Crippen molar-refractivity contribution in [3.05, 3.63) is 0 Å². The third-order valence-corrected chi connectivity index (χ3v) is 6.37. The summed E-state index contributed by atoms with van der Waals surface area (Å²) >= 11 is 0. The van der Waals surface area contributed by atoms with Gasteiger partial charge in [0.05, 0.1) is 78.4 Å². The molecule has 0 bridgehead atoms. The summed E-state index contributed by atoms with van der Waals surface area (Å²) in [5.74, 6) is -0.484. The maximum absolute atomic E-state index is 11.8. The van der Waals surface area contributed by atoms with E-state index in [4.69, 9.17) is 0 Å². The zero-order valence-electron chi connectivity index (χ0n) is 13.6. The Morgan fingerprint density at radius 1 is 0.550 bits per heavy atom. The molecule has 0 aliphatic carbocycles. The van der Waals surface area contributed by atoms with Crippen molar-refractivity contribution in [2.75, 3.05) is 78.4 Å². The normalized spacial score (nSPS) is 14.5. The molecule has 122 valence electrons. The molecule has 8 heteroatoms. The van der Waals surface area contributed by atoms with Gasteiger partial charge in [0.15, 0.2) is 19.7 Å². The van der Waals surface area contributed by atoms with E-state index < -0.39 is 19.7 Å². The molecule has 0 aliphatic heterocycles. The lowest BCUT2D eigenvalue weighted by atomic mass is 10.6. The van der Waals surface area contributed by atoms with E-state index in [1.807, 2.05) is 42.3 Å². The number of quaternary nitrogens is 2. The van der Waals surface area contributed by atoms with Gasteiger partial charge in [-0.25, -0.2) is 16.8 Å². The first-order valence-corrected chi connectivity index (χ1v) is 10.3. The Hall–Kier alpha value is -0.180. The van der Waals surface area contributed by atoms with E-state index in [2.05, 4.69) is 0 Å². The largest absolute Gasteiger partial charge is 0.330 e.